The lowest BCUT2D eigenvalue weighted by atomic mass is 10.3. The molecule has 154 valence electrons. The largest absolute Gasteiger partial charge is 0.440 e. The fourth-order valence-electron chi connectivity index (χ4n) is 2.77. The van der Waals surface area contributed by atoms with E-state index in [1.165, 1.54) is 33.8 Å². The average Bonchev–Trinajstić information content (AvgIpc) is 3.33. The van der Waals surface area contributed by atoms with E-state index in [4.69, 9.17) is 16.0 Å². The molecule has 3 rings (SSSR count). The summed E-state index contributed by atoms with van der Waals surface area (Å²) >= 11 is 7.63. The molecule has 1 N–H and O–H groups in total. The predicted molar refractivity (Wildman–Crippen MR) is 114 cm³/mol. The lowest BCUT2D eigenvalue weighted by Gasteiger charge is -2.19. The molecule has 0 fully saturated rings. The molecule has 0 saturated heterocycles. The Balaban J connectivity index is 1.90. The van der Waals surface area contributed by atoms with Gasteiger partial charge >= 0.3 is 0 Å². The van der Waals surface area contributed by atoms with Crippen LogP contribution in [0.4, 0.5) is 5.69 Å². The first-order valence-corrected chi connectivity index (χ1v) is 11.6. The second kappa shape index (κ2) is 8.66. The number of aryl methyl sites for hydroxylation is 1. The van der Waals surface area contributed by atoms with Gasteiger partial charge in [0.05, 0.1) is 20.5 Å². The van der Waals surface area contributed by atoms with Crippen molar-refractivity contribution in [3.05, 3.63) is 52.2 Å². The normalized spacial score (nSPS) is 11.8. The van der Waals surface area contributed by atoms with Gasteiger partial charge in [-0.1, -0.05) is 31.5 Å². The Hall–Kier alpha value is -2.20. The van der Waals surface area contributed by atoms with E-state index in [0.717, 1.165) is 4.88 Å². The highest BCUT2D eigenvalue weighted by Gasteiger charge is 2.24. The molecular weight excluding hydrogens is 434 g/mol. The molecule has 0 bridgehead atoms. The van der Waals surface area contributed by atoms with Crippen LogP contribution in [-0.4, -0.2) is 36.7 Å². The summed E-state index contributed by atoms with van der Waals surface area (Å²) in [6.45, 7) is 5.85. The molecule has 3 aromatic rings. The molecular formula is C19H20ClN3O4S2. The number of hydrogen-bond acceptors (Lipinski definition) is 6. The zero-order valence-corrected chi connectivity index (χ0v) is 18.5. The summed E-state index contributed by atoms with van der Waals surface area (Å²) < 4.78 is 32.4. The highest BCUT2D eigenvalue weighted by Crippen LogP contribution is 2.29. The van der Waals surface area contributed by atoms with Crippen LogP contribution >= 0.6 is 22.9 Å². The number of thiophene rings is 1. The molecule has 0 aliphatic heterocycles. The number of aromatic nitrogens is 1. The third-order valence-corrected chi connectivity index (χ3v) is 7.51. The molecule has 0 radical (unpaired) electrons. The molecule has 0 unspecified atom stereocenters. The quantitative estimate of drug-likeness (QED) is 0.562. The standard InChI is InChI=1S/C19H20ClN3O4S2/c1-4-23(5-2)29(25,26)13-8-9-14(20)15(11-13)21-18(24)17-12(3)27-19(22-17)16-7-6-10-28-16/h6-11H,4-5H2,1-3H3,(H,21,24). The third-order valence-electron chi connectivity index (χ3n) is 4.27. The van der Waals surface area contributed by atoms with Gasteiger partial charge in [0.25, 0.3) is 5.91 Å². The minimum Gasteiger partial charge on any atom is -0.440 e. The number of carbonyl (C=O) groups is 1. The van der Waals surface area contributed by atoms with Gasteiger partial charge in [0.1, 0.15) is 5.76 Å². The number of oxazole rings is 1. The van der Waals surface area contributed by atoms with Gasteiger partial charge in [-0.2, -0.15) is 4.31 Å². The van der Waals surface area contributed by atoms with Gasteiger partial charge in [-0.15, -0.1) is 11.3 Å². The highest BCUT2D eigenvalue weighted by molar-refractivity contribution is 7.89. The van der Waals surface area contributed by atoms with Crippen molar-refractivity contribution in [1.82, 2.24) is 9.29 Å². The second-order valence-electron chi connectivity index (χ2n) is 6.09. The number of nitrogens with zero attached hydrogens (tertiary/aromatic N) is 2. The molecule has 0 spiro atoms. The van der Waals surface area contributed by atoms with E-state index in [2.05, 4.69) is 10.3 Å². The molecule has 10 heteroatoms. The summed E-state index contributed by atoms with van der Waals surface area (Å²) in [4.78, 5) is 17.9. The molecule has 1 amide bonds. The minimum atomic E-state index is -3.68. The lowest BCUT2D eigenvalue weighted by Crippen LogP contribution is -2.30. The first-order chi connectivity index (χ1) is 13.8. The second-order valence-corrected chi connectivity index (χ2v) is 9.38. The molecule has 7 nitrogen and oxygen atoms in total. The van der Waals surface area contributed by atoms with Gasteiger partial charge in [0, 0.05) is 13.1 Å². The Morgan fingerprint density at radius 2 is 2.00 bits per heavy atom. The van der Waals surface area contributed by atoms with Gasteiger partial charge in [0.15, 0.2) is 5.69 Å². The van der Waals surface area contributed by atoms with E-state index in [9.17, 15) is 13.2 Å². The maximum atomic E-state index is 12.7. The maximum Gasteiger partial charge on any atom is 0.277 e. The van der Waals surface area contributed by atoms with Crippen molar-refractivity contribution in [3.63, 3.8) is 0 Å². The fraction of sp³-hybridized carbons (Fsp3) is 0.263. The summed E-state index contributed by atoms with van der Waals surface area (Å²) in [6, 6.07) is 7.92. The SMILES string of the molecule is CCN(CC)S(=O)(=O)c1ccc(Cl)c(NC(=O)c2nc(-c3cccs3)oc2C)c1. The maximum absolute atomic E-state index is 12.7. The summed E-state index contributed by atoms with van der Waals surface area (Å²) in [6.07, 6.45) is 0. The number of rotatable bonds is 7. The Morgan fingerprint density at radius 1 is 1.28 bits per heavy atom. The molecule has 0 aliphatic carbocycles. The van der Waals surface area contributed by atoms with Crippen LogP contribution in [0.1, 0.15) is 30.1 Å². The van der Waals surface area contributed by atoms with Crippen LogP contribution in [0.2, 0.25) is 5.02 Å². The van der Waals surface area contributed by atoms with Crippen molar-refractivity contribution < 1.29 is 17.6 Å². The van der Waals surface area contributed by atoms with Crippen LogP contribution in [0.25, 0.3) is 10.8 Å². The zero-order chi connectivity index (χ0) is 21.2. The first-order valence-electron chi connectivity index (χ1n) is 8.90. The number of anilines is 1. The molecule has 0 aliphatic rings. The fourth-order valence-corrected chi connectivity index (χ4v) is 5.07. The van der Waals surface area contributed by atoms with Crippen molar-refractivity contribution in [2.45, 2.75) is 25.7 Å². The molecule has 2 aromatic heterocycles. The smallest absolute Gasteiger partial charge is 0.277 e. The van der Waals surface area contributed by atoms with E-state index in [0.29, 0.717) is 24.7 Å². The topological polar surface area (TPSA) is 92.5 Å². The average molecular weight is 454 g/mol. The van der Waals surface area contributed by atoms with Gasteiger partial charge in [0.2, 0.25) is 15.9 Å². The van der Waals surface area contributed by atoms with Gasteiger partial charge in [-0.3, -0.25) is 4.79 Å². The minimum absolute atomic E-state index is 0.0528. The van der Waals surface area contributed by atoms with Crippen molar-refractivity contribution in [1.29, 1.82) is 0 Å². The van der Waals surface area contributed by atoms with E-state index >= 15 is 0 Å². The predicted octanol–water partition coefficient (Wildman–Crippen LogP) is 4.65. The van der Waals surface area contributed by atoms with Crippen LogP contribution in [-0.2, 0) is 10.0 Å². The Bertz CT molecular complexity index is 1120. The number of benzene rings is 1. The van der Waals surface area contributed by atoms with Crippen molar-refractivity contribution in [2.24, 2.45) is 0 Å². The lowest BCUT2D eigenvalue weighted by molar-refractivity contribution is 0.102. The number of nitrogens with one attached hydrogen (secondary N) is 1. The van der Waals surface area contributed by atoms with Crippen LogP contribution in [0.15, 0.2) is 45.0 Å². The molecule has 2 heterocycles. The molecule has 1 aromatic carbocycles. The molecule has 29 heavy (non-hydrogen) atoms. The van der Waals surface area contributed by atoms with E-state index in [1.54, 1.807) is 20.8 Å². The Labute approximate surface area is 178 Å². The molecule has 0 saturated carbocycles. The number of sulfonamides is 1. The number of halogens is 1. The van der Waals surface area contributed by atoms with Gasteiger partial charge in [-0.25, -0.2) is 13.4 Å². The van der Waals surface area contributed by atoms with Crippen LogP contribution in [0, 0.1) is 6.92 Å². The zero-order valence-electron chi connectivity index (χ0n) is 16.1. The third kappa shape index (κ3) is 4.37. The summed E-state index contributed by atoms with van der Waals surface area (Å²) in [5, 5.41) is 4.74. The Kier molecular flexibility index (Phi) is 6.42. The first kappa shape index (κ1) is 21.5. The molecule has 0 atom stereocenters. The highest BCUT2D eigenvalue weighted by atomic mass is 35.5. The van der Waals surface area contributed by atoms with Crippen LogP contribution in [0.5, 0.6) is 0 Å². The monoisotopic (exact) mass is 453 g/mol. The number of hydrogen-bond donors (Lipinski definition) is 1. The van der Waals surface area contributed by atoms with Crippen LogP contribution < -0.4 is 5.32 Å². The van der Waals surface area contributed by atoms with E-state index in [-0.39, 0.29) is 21.3 Å². The van der Waals surface area contributed by atoms with Crippen molar-refractivity contribution >= 4 is 44.6 Å². The van der Waals surface area contributed by atoms with Crippen molar-refractivity contribution in [3.8, 4) is 10.8 Å². The summed E-state index contributed by atoms with van der Waals surface area (Å²) in [5.41, 5.74) is 0.298. The number of amides is 1. The number of carbonyl (C=O) groups excluding carboxylic acids is 1. The van der Waals surface area contributed by atoms with Gasteiger partial charge < -0.3 is 9.73 Å². The van der Waals surface area contributed by atoms with Crippen molar-refractivity contribution in [2.75, 3.05) is 18.4 Å². The Morgan fingerprint density at radius 3 is 2.62 bits per heavy atom. The van der Waals surface area contributed by atoms with Gasteiger partial charge in [-0.05, 0) is 36.6 Å². The van der Waals surface area contributed by atoms with Crippen LogP contribution in [0.3, 0.4) is 0 Å². The van der Waals surface area contributed by atoms with E-state index < -0.39 is 15.9 Å². The summed E-state index contributed by atoms with van der Waals surface area (Å²) in [5.74, 6) is 0.175. The van der Waals surface area contributed by atoms with E-state index in [1.807, 2.05) is 17.5 Å². The summed E-state index contributed by atoms with van der Waals surface area (Å²) in [7, 11) is -3.68.